The summed E-state index contributed by atoms with van der Waals surface area (Å²) in [5, 5.41) is 12.1. The summed E-state index contributed by atoms with van der Waals surface area (Å²) in [7, 11) is 0. The van der Waals surface area contributed by atoms with Crippen LogP contribution in [0.1, 0.15) is 49.8 Å². The first kappa shape index (κ1) is 31.8. The second-order valence-electron chi connectivity index (χ2n) is 10.9. The average Bonchev–Trinajstić information content (AvgIpc) is 2.98. The van der Waals surface area contributed by atoms with Gasteiger partial charge in [-0.15, -0.1) is 0 Å². The number of aliphatic carboxylic acids is 1. The van der Waals surface area contributed by atoms with Crippen LogP contribution in [0.4, 0.5) is 4.79 Å². The molecule has 2 aliphatic rings. The van der Waals surface area contributed by atoms with E-state index in [0.29, 0.717) is 31.2 Å². The zero-order chi connectivity index (χ0) is 30.9. The van der Waals surface area contributed by atoms with E-state index >= 15 is 0 Å². The molecule has 0 radical (unpaired) electrons. The van der Waals surface area contributed by atoms with Crippen molar-refractivity contribution in [2.45, 2.75) is 58.4 Å². The number of carbonyl (C=O) groups is 4. The van der Waals surface area contributed by atoms with E-state index in [1.807, 2.05) is 44.2 Å². The number of morpholine rings is 1. The number of hydrogen-bond donors (Lipinski definition) is 2. The normalized spacial score (nSPS) is 19.9. The number of benzene rings is 1. The largest absolute Gasteiger partial charge is 0.481 e. The Hall–Kier alpha value is -4.10. The molecule has 0 spiro atoms. The third kappa shape index (κ3) is 8.94. The second-order valence-corrected chi connectivity index (χ2v) is 10.9. The molecular weight excluding hydrogens is 556 g/mol. The van der Waals surface area contributed by atoms with Crippen molar-refractivity contribution in [3.8, 4) is 11.4 Å². The number of carbonyl (C=O) groups excluding carboxylic acids is 3. The number of nitrogens with one attached hydrogen (secondary N) is 1. The lowest BCUT2D eigenvalue weighted by molar-refractivity contribution is -0.138. The third-order valence-corrected chi connectivity index (χ3v) is 7.29. The van der Waals surface area contributed by atoms with E-state index in [4.69, 9.17) is 14.5 Å². The molecule has 2 fully saturated rings. The van der Waals surface area contributed by atoms with Crippen LogP contribution >= 0.6 is 0 Å². The lowest BCUT2D eigenvalue weighted by atomic mass is 10.1. The minimum Gasteiger partial charge on any atom is -0.481 e. The Morgan fingerprint density at radius 3 is 2.30 bits per heavy atom. The number of aromatic nitrogens is 2. The van der Waals surface area contributed by atoms with Gasteiger partial charge >= 0.3 is 12.1 Å². The molecular formula is C30H40N6O7. The van der Waals surface area contributed by atoms with Gasteiger partial charge in [-0.2, -0.15) is 0 Å². The first-order valence-electron chi connectivity index (χ1n) is 14.7. The number of hydrogen-bond acceptors (Lipinski definition) is 9. The van der Waals surface area contributed by atoms with Gasteiger partial charge in [0.05, 0.1) is 24.5 Å². The monoisotopic (exact) mass is 596 g/mol. The van der Waals surface area contributed by atoms with E-state index in [-0.39, 0.29) is 63.5 Å². The van der Waals surface area contributed by atoms with Gasteiger partial charge < -0.3 is 29.7 Å². The molecule has 3 heterocycles. The average molecular weight is 597 g/mol. The predicted molar refractivity (Wildman–Crippen MR) is 156 cm³/mol. The van der Waals surface area contributed by atoms with Crippen LogP contribution < -0.4 is 5.32 Å². The molecule has 13 nitrogen and oxygen atoms in total. The van der Waals surface area contributed by atoms with Gasteiger partial charge in [-0.1, -0.05) is 30.3 Å². The van der Waals surface area contributed by atoms with E-state index in [1.54, 1.807) is 13.0 Å². The highest BCUT2D eigenvalue weighted by atomic mass is 16.6. The van der Waals surface area contributed by atoms with Gasteiger partial charge in [-0.05, 0) is 33.3 Å². The maximum absolute atomic E-state index is 13.6. The molecule has 0 aliphatic carbocycles. The first-order chi connectivity index (χ1) is 20.6. The highest BCUT2D eigenvalue weighted by Gasteiger charge is 2.31. The molecule has 0 bridgehead atoms. The first-order valence-corrected chi connectivity index (χ1v) is 14.7. The number of amides is 3. The summed E-state index contributed by atoms with van der Waals surface area (Å²) in [6.45, 7) is 8.95. The van der Waals surface area contributed by atoms with Crippen molar-refractivity contribution in [2.75, 3.05) is 45.9 Å². The molecule has 43 heavy (non-hydrogen) atoms. The molecule has 1 aromatic carbocycles. The maximum atomic E-state index is 13.6. The fourth-order valence-electron chi connectivity index (χ4n) is 5.36. The fraction of sp³-hybridized carbons (Fsp3) is 0.533. The van der Waals surface area contributed by atoms with Gasteiger partial charge in [0.25, 0.3) is 5.91 Å². The van der Waals surface area contributed by atoms with Crippen LogP contribution in [0.2, 0.25) is 0 Å². The fourth-order valence-corrected chi connectivity index (χ4v) is 5.36. The summed E-state index contributed by atoms with van der Waals surface area (Å²) < 4.78 is 10.9. The molecule has 232 valence electrons. The molecule has 4 rings (SSSR count). The zero-order valence-corrected chi connectivity index (χ0v) is 24.9. The van der Waals surface area contributed by atoms with E-state index in [9.17, 15) is 24.3 Å². The predicted octanol–water partition coefficient (Wildman–Crippen LogP) is 2.02. The Morgan fingerprint density at radius 2 is 1.67 bits per heavy atom. The van der Waals surface area contributed by atoms with Gasteiger partial charge in [0, 0.05) is 57.8 Å². The van der Waals surface area contributed by atoms with E-state index in [0.717, 1.165) is 5.56 Å². The van der Waals surface area contributed by atoms with Crippen molar-refractivity contribution >= 4 is 23.9 Å². The molecule has 3 amide bonds. The number of carboxylic acids is 1. The minimum absolute atomic E-state index is 0.0575. The van der Waals surface area contributed by atoms with Crippen molar-refractivity contribution in [2.24, 2.45) is 0 Å². The molecule has 1 aromatic heterocycles. The smallest absolute Gasteiger partial charge is 0.409 e. The Kier molecular flexibility index (Phi) is 11.0. The van der Waals surface area contributed by atoms with E-state index in [2.05, 4.69) is 15.2 Å². The van der Waals surface area contributed by atoms with Crippen LogP contribution in [0.15, 0.2) is 36.4 Å². The van der Waals surface area contributed by atoms with E-state index in [1.165, 1.54) is 9.80 Å². The third-order valence-electron chi connectivity index (χ3n) is 7.29. The van der Waals surface area contributed by atoms with Gasteiger partial charge in [-0.25, -0.2) is 14.8 Å². The number of rotatable bonds is 10. The molecule has 2 aliphatic heterocycles. The number of piperazine rings is 1. The summed E-state index contributed by atoms with van der Waals surface area (Å²) in [5.41, 5.74) is 1.46. The molecule has 2 N–H and O–H groups in total. The molecule has 13 heteroatoms. The highest BCUT2D eigenvalue weighted by Crippen LogP contribution is 2.19. The molecule has 3 atom stereocenters. The van der Waals surface area contributed by atoms with Gasteiger partial charge in [0.15, 0.2) is 5.82 Å². The van der Waals surface area contributed by atoms with Crippen LogP contribution in [0.3, 0.4) is 0 Å². The van der Waals surface area contributed by atoms with Crippen LogP contribution in [0.25, 0.3) is 11.4 Å². The maximum Gasteiger partial charge on any atom is 0.409 e. The summed E-state index contributed by atoms with van der Waals surface area (Å²) in [6.07, 6.45) is -0.730. The minimum atomic E-state index is -1.09. The Bertz CT molecular complexity index is 1280. The van der Waals surface area contributed by atoms with Crippen molar-refractivity contribution in [1.29, 1.82) is 0 Å². The standard InChI is InChI=1S/C30H40N6O7/c1-4-42-30(41)36-14-12-35(13-15-36)29(40)24(10-11-26(37)38)33-28(39)25-16-23(19-34-17-20(2)43-21(3)18-34)31-27(32-25)22-8-6-5-7-9-22/h5-9,16,20-21,24H,4,10-15,17-19H2,1-3H3,(H,33,39)(H,37,38)/t20-,21?,24?/m0/s1. The number of carboxylic acid groups (broad SMARTS) is 1. The summed E-state index contributed by atoms with van der Waals surface area (Å²) in [5.74, 6) is -1.71. The van der Waals surface area contributed by atoms with Crippen molar-refractivity contribution in [3.63, 3.8) is 0 Å². The zero-order valence-electron chi connectivity index (χ0n) is 24.9. The lowest BCUT2D eigenvalue weighted by Gasteiger charge is -2.36. The van der Waals surface area contributed by atoms with Crippen molar-refractivity contribution < 1.29 is 33.8 Å². The van der Waals surface area contributed by atoms with Crippen LogP contribution in [0.5, 0.6) is 0 Å². The topological polar surface area (TPSA) is 154 Å². The van der Waals surface area contributed by atoms with Crippen LogP contribution in [0, 0.1) is 0 Å². The Labute approximate surface area is 251 Å². The Morgan fingerprint density at radius 1 is 1.02 bits per heavy atom. The van der Waals surface area contributed by atoms with Crippen LogP contribution in [-0.4, -0.2) is 118 Å². The number of ether oxygens (including phenoxy) is 2. The summed E-state index contributed by atoms with van der Waals surface area (Å²) >= 11 is 0. The lowest BCUT2D eigenvalue weighted by Crippen LogP contribution is -2.56. The van der Waals surface area contributed by atoms with Gasteiger partial charge in [-0.3, -0.25) is 19.3 Å². The summed E-state index contributed by atoms with van der Waals surface area (Å²) in [6, 6.07) is 9.84. The second kappa shape index (κ2) is 14.9. The molecule has 2 unspecified atom stereocenters. The van der Waals surface area contributed by atoms with Gasteiger partial charge in [0.2, 0.25) is 5.91 Å². The Balaban J connectivity index is 1.54. The van der Waals surface area contributed by atoms with Gasteiger partial charge in [0.1, 0.15) is 11.7 Å². The molecule has 2 aromatic rings. The highest BCUT2D eigenvalue weighted by molar-refractivity contribution is 5.96. The van der Waals surface area contributed by atoms with Crippen molar-refractivity contribution in [3.05, 3.63) is 47.8 Å². The molecule has 0 saturated carbocycles. The quantitative estimate of drug-likeness (QED) is 0.416. The number of nitrogens with zero attached hydrogens (tertiary/aromatic N) is 5. The molecule has 2 saturated heterocycles. The van der Waals surface area contributed by atoms with Crippen molar-refractivity contribution in [1.82, 2.24) is 30.0 Å². The SMILES string of the molecule is CCOC(=O)N1CCN(C(=O)C(CCC(=O)O)NC(=O)c2cc(CN3CC(C)O[C@@H](C)C3)nc(-c3ccccc3)n2)CC1. The van der Waals surface area contributed by atoms with Crippen LogP contribution in [-0.2, 0) is 25.6 Å². The summed E-state index contributed by atoms with van der Waals surface area (Å²) in [4.78, 5) is 65.1. The van der Waals surface area contributed by atoms with E-state index < -0.39 is 29.9 Å².